The Bertz CT molecular complexity index is 3830. The van der Waals surface area contributed by atoms with Crippen LogP contribution in [-0.2, 0) is 24.0 Å². The number of nitrogens with zero attached hydrogens (tertiary/aromatic N) is 2. The molecule has 4 aromatic rings. The molecule has 8 heteroatoms. The van der Waals surface area contributed by atoms with Gasteiger partial charge in [0.2, 0.25) is 0 Å². The van der Waals surface area contributed by atoms with Gasteiger partial charge in [-0.3, -0.25) is 0 Å². The van der Waals surface area contributed by atoms with Crippen molar-refractivity contribution in [1.29, 1.82) is 0 Å². The first-order chi connectivity index (χ1) is 51.5. The second kappa shape index (κ2) is 33.7. The summed E-state index contributed by atoms with van der Waals surface area (Å²) in [6, 6.07) is 39.4. The van der Waals surface area contributed by atoms with Crippen molar-refractivity contribution in [1.82, 2.24) is 0 Å². The Morgan fingerprint density at radius 1 is 0.519 bits per heavy atom. The van der Waals surface area contributed by atoms with Gasteiger partial charge in [-0.25, -0.2) is 0 Å². The van der Waals surface area contributed by atoms with Crippen LogP contribution >= 0.6 is 0 Å². The van der Waals surface area contributed by atoms with Gasteiger partial charge in [-0.1, -0.05) is 240 Å². The van der Waals surface area contributed by atoms with Gasteiger partial charge < -0.3 is 28.4 Å². The van der Waals surface area contributed by atoms with Crippen LogP contribution in [0.1, 0.15) is 307 Å². The largest absolute Gasteiger partial charge is 0.494 e. The summed E-state index contributed by atoms with van der Waals surface area (Å²) < 4.78 is 26.1. The van der Waals surface area contributed by atoms with Gasteiger partial charge in [-0.2, -0.15) is 0 Å². The van der Waals surface area contributed by atoms with Gasteiger partial charge in [0.25, 0.3) is 0 Å². The Morgan fingerprint density at radius 3 is 1.67 bits per heavy atom. The zero-order chi connectivity index (χ0) is 76.5. The third-order valence-corrected chi connectivity index (χ3v) is 29.3. The van der Waals surface area contributed by atoms with E-state index in [1.807, 2.05) is 0 Å². The average molecular weight is 1460 g/mol. The van der Waals surface area contributed by atoms with Crippen LogP contribution in [0.15, 0.2) is 180 Å². The first-order valence-corrected chi connectivity index (χ1v) is 44.0. The van der Waals surface area contributed by atoms with Crippen molar-refractivity contribution in [3.63, 3.8) is 0 Å². The average Bonchev–Trinajstić information content (AvgIpc) is 1.46. The molecule has 2 aliphatic heterocycles. The van der Waals surface area contributed by atoms with Crippen LogP contribution in [0.25, 0.3) is 11.1 Å². The van der Waals surface area contributed by atoms with Crippen molar-refractivity contribution in [2.45, 2.75) is 342 Å². The summed E-state index contributed by atoms with van der Waals surface area (Å²) in [5, 5.41) is 0. The van der Waals surface area contributed by atoms with Gasteiger partial charge in [-0.15, -0.1) is 0 Å². The summed E-state index contributed by atoms with van der Waals surface area (Å²) >= 11 is 0. The number of benzene rings is 4. The first kappa shape index (κ1) is 80.7. The fourth-order valence-corrected chi connectivity index (χ4v) is 20.8. The summed E-state index contributed by atoms with van der Waals surface area (Å²) in [5.41, 5.74) is 16.3. The Kier molecular flexibility index (Phi) is 25.2. The molecule has 7 aliphatic carbocycles. The molecule has 2 saturated heterocycles. The smallest absolute Gasteiger partial charge is 0.403 e. The van der Waals surface area contributed by atoms with E-state index in [0.717, 1.165) is 30.6 Å². The summed E-state index contributed by atoms with van der Waals surface area (Å²) in [4.78, 5) is 5.68. The molecular formula is C100H142B2N2O4. The van der Waals surface area contributed by atoms with Crippen molar-refractivity contribution in [2.24, 2.45) is 52.8 Å². The van der Waals surface area contributed by atoms with Crippen LogP contribution < -0.4 is 15.3 Å². The van der Waals surface area contributed by atoms with Gasteiger partial charge in [0.1, 0.15) is 0 Å². The van der Waals surface area contributed by atoms with Gasteiger partial charge in [0, 0.05) is 40.9 Å². The highest BCUT2D eigenvalue weighted by atomic mass is 16.7. The summed E-state index contributed by atoms with van der Waals surface area (Å²) in [5.74, 6) is 5.94. The lowest BCUT2D eigenvalue weighted by Crippen LogP contribution is -2.47. The van der Waals surface area contributed by atoms with Crippen molar-refractivity contribution >= 4 is 31.1 Å². The number of hydrogen-bond acceptors (Lipinski definition) is 6. The van der Waals surface area contributed by atoms with E-state index < -0.39 is 0 Å². The summed E-state index contributed by atoms with van der Waals surface area (Å²) in [6.07, 6.45) is 56.4. The minimum atomic E-state index is -0.367. The lowest BCUT2D eigenvalue weighted by molar-refractivity contribution is 0.00578. The Balaban J connectivity index is 0.758. The van der Waals surface area contributed by atoms with E-state index in [2.05, 4.69) is 292 Å². The zero-order valence-electron chi connectivity index (χ0n) is 70.7. The monoisotopic (exact) mass is 1460 g/mol. The van der Waals surface area contributed by atoms with E-state index in [1.54, 1.807) is 16.7 Å². The second-order valence-electron chi connectivity index (χ2n) is 39.8. The van der Waals surface area contributed by atoms with E-state index in [9.17, 15) is 0 Å². The number of allylic oxidation sites excluding steroid dienone is 11. The Morgan fingerprint density at radius 2 is 1.10 bits per heavy atom. The van der Waals surface area contributed by atoms with Gasteiger partial charge in [0.05, 0.1) is 28.4 Å². The maximum absolute atomic E-state index is 6.58. The highest BCUT2D eigenvalue weighted by molar-refractivity contribution is 6.62. The molecule has 108 heavy (non-hydrogen) atoms. The Hall–Kier alpha value is -5.37. The van der Waals surface area contributed by atoms with E-state index in [1.165, 1.54) is 180 Å². The summed E-state index contributed by atoms with van der Waals surface area (Å²) in [6.45, 7) is 41.5. The van der Waals surface area contributed by atoms with E-state index in [-0.39, 0.29) is 48.1 Å². The standard InChI is InChI=1S/C100H142B2N2O4/c1-19-21-23-25-27-79-67-94(92-64-62-90(66-70(92)4)104(86-55-39-76(40-56-86)72-31-47-82(48-32-72)96(8,9)10)88-59-43-78(44-60-88)74-35-51-84(52-36-74)102-107-99(15,16)100(17,18)108-102)80(28-26-24-22-20-2)68-93(79)91-63-61-89(65-69(91)3)103(85-53-37-75(38-54-85)71-29-45-81(46-30-71)95(5,6)7)87-57-41-77(42-58-87)73-33-49-83(50-34-73)101-105-97(11,12)98(13,14)106-101/h29-30,33,35-41,43,45-46,49,51-57,59-60,66-69,72-73,77-78,80,82-83,87,89-92,94H,19-28,31-32,34,42,44,47-48,50,58,61-65H2,1-18H3. The van der Waals surface area contributed by atoms with E-state index >= 15 is 0 Å². The van der Waals surface area contributed by atoms with Crippen molar-refractivity contribution < 1.29 is 18.6 Å². The Labute approximate surface area is 658 Å². The van der Waals surface area contributed by atoms with Crippen LogP contribution in [0, 0.1) is 52.8 Å². The van der Waals surface area contributed by atoms with Gasteiger partial charge in [-0.05, 0) is 310 Å². The molecule has 0 N–H and O–H groups in total. The van der Waals surface area contributed by atoms with Crippen LogP contribution in [0.2, 0.25) is 5.82 Å². The maximum atomic E-state index is 6.58. The molecule has 2 saturated carbocycles. The topological polar surface area (TPSA) is 43.4 Å². The molecule has 9 aliphatic rings. The van der Waals surface area contributed by atoms with Crippen LogP contribution in [0.4, 0.5) is 11.4 Å². The fraction of sp³-hybridized carbons (Fsp3) is 0.620. The van der Waals surface area contributed by atoms with Crippen LogP contribution in [0.3, 0.4) is 0 Å². The molecule has 582 valence electrons. The molecule has 4 aromatic carbocycles. The van der Waals surface area contributed by atoms with E-state index in [0.29, 0.717) is 76.6 Å². The van der Waals surface area contributed by atoms with E-state index in [4.69, 9.17) is 18.6 Å². The van der Waals surface area contributed by atoms with Crippen LogP contribution in [0.5, 0.6) is 0 Å². The minimum absolute atomic E-state index is 0.126. The van der Waals surface area contributed by atoms with Gasteiger partial charge >= 0.3 is 14.2 Å². The molecule has 0 radical (unpaired) electrons. The summed E-state index contributed by atoms with van der Waals surface area (Å²) in [7, 11) is -0.522. The molecular weight excluding hydrogens is 1310 g/mol. The van der Waals surface area contributed by atoms with Crippen molar-refractivity contribution in [3.05, 3.63) is 197 Å². The lowest BCUT2D eigenvalue weighted by Gasteiger charge is -2.47. The molecule has 12 unspecified atom stereocenters. The SMILES string of the molecule is CCCCCCC1=CC(C2CCC(N(C3=CCC(c4ccc(B5OC(C)(C)C(C)(C)O5)cc4)C=C3)c3ccc(C4CCC(C(C)(C)C)CC4)cc3)C=C2C)C(CCCCCC)C=C1C1CCC(N(c2ccc(-c3ccc(C(C)(C)C)cc3)cc2)C2C=CC(C3C=CC(B4OC(C)(C)C(C)(C)O4)CC3)CC2)CC1C. The minimum Gasteiger partial charge on any atom is -0.403 e. The molecule has 4 fully saturated rings. The number of anilines is 2. The molecule has 2 heterocycles. The normalized spacial score (nSPS) is 30.4. The quantitative estimate of drug-likeness (QED) is 0.0396. The third-order valence-electron chi connectivity index (χ3n) is 29.3. The zero-order valence-corrected chi connectivity index (χ0v) is 70.7. The molecule has 0 spiro atoms. The fourth-order valence-electron chi connectivity index (χ4n) is 20.8. The highest BCUT2D eigenvalue weighted by Gasteiger charge is 2.54. The first-order valence-electron chi connectivity index (χ1n) is 44.0. The highest BCUT2D eigenvalue weighted by Crippen LogP contribution is 2.52. The molecule has 0 bridgehead atoms. The molecule has 6 nitrogen and oxygen atoms in total. The lowest BCUT2D eigenvalue weighted by atomic mass is 9.63. The number of unbranched alkanes of at least 4 members (excludes halogenated alkanes) is 6. The van der Waals surface area contributed by atoms with Gasteiger partial charge in [0.15, 0.2) is 0 Å². The number of rotatable bonds is 24. The number of hydrogen-bond donors (Lipinski definition) is 0. The molecule has 13 rings (SSSR count). The molecule has 0 aromatic heterocycles. The maximum Gasteiger partial charge on any atom is 0.494 e. The third kappa shape index (κ3) is 18.1. The van der Waals surface area contributed by atoms with Crippen molar-refractivity contribution in [2.75, 3.05) is 9.80 Å². The van der Waals surface area contributed by atoms with Crippen molar-refractivity contribution in [3.8, 4) is 11.1 Å². The molecule has 12 atom stereocenters. The predicted octanol–water partition coefficient (Wildman–Crippen LogP) is 26.5. The van der Waals surface area contributed by atoms with Crippen LogP contribution in [-0.4, -0.2) is 54.8 Å². The molecule has 0 amide bonds. The second-order valence-corrected chi connectivity index (χ2v) is 39.8. The predicted molar refractivity (Wildman–Crippen MR) is 461 cm³/mol.